The number of benzene rings is 1. The van der Waals surface area contributed by atoms with Crippen LogP contribution in [-0.4, -0.2) is 27.5 Å². The van der Waals surface area contributed by atoms with Crippen molar-refractivity contribution >= 4 is 35.0 Å². The van der Waals surface area contributed by atoms with Crippen LogP contribution in [0.25, 0.3) is 0 Å². The normalized spacial score (nSPS) is 10.3. The third-order valence-electron chi connectivity index (χ3n) is 3.36. The number of carbonyl (C=O) groups is 2. The number of anilines is 2. The zero-order chi connectivity index (χ0) is 18.1. The molecule has 132 valence electrons. The summed E-state index contributed by atoms with van der Waals surface area (Å²) >= 11 is 1.26. The van der Waals surface area contributed by atoms with E-state index in [1.165, 1.54) is 11.8 Å². The van der Waals surface area contributed by atoms with Crippen molar-refractivity contribution in [2.75, 3.05) is 16.4 Å². The van der Waals surface area contributed by atoms with Gasteiger partial charge in [-0.1, -0.05) is 31.2 Å². The minimum Gasteiger partial charge on any atom is -0.324 e. The maximum atomic E-state index is 12.2. The Morgan fingerprint density at radius 1 is 1.08 bits per heavy atom. The topological polar surface area (TPSA) is 84.0 Å². The molecule has 0 aliphatic heterocycles. The highest BCUT2D eigenvalue weighted by Crippen LogP contribution is 2.24. The van der Waals surface area contributed by atoms with Gasteiger partial charge in [-0.05, 0) is 37.1 Å². The van der Waals surface area contributed by atoms with E-state index in [9.17, 15) is 9.59 Å². The van der Waals surface area contributed by atoms with Crippen molar-refractivity contribution in [3.05, 3.63) is 42.2 Å². The van der Waals surface area contributed by atoms with Crippen LogP contribution in [0.4, 0.5) is 11.4 Å². The van der Waals surface area contributed by atoms with Gasteiger partial charge in [-0.25, -0.2) is 9.97 Å². The monoisotopic (exact) mass is 358 g/mol. The molecule has 2 N–H and O–H groups in total. The van der Waals surface area contributed by atoms with Gasteiger partial charge in [0, 0.05) is 18.8 Å². The maximum Gasteiger partial charge on any atom is 0.234 e. The average Bonchev–Trinajstić information content (AvgIpc) is 2.61. The third kappa shape index (κ3) is 6.54. The largest absolute Gasteiger partial charge is 0.324 e. The van der Waals surface area contributed by atoms with E-state index in [1.54, 1.807) is 18.5 Å². The molecular weight excluding hydrogens is 336 g/mol. The first-order chi connectivity index (χ1) is 12.1. The number of hydrogen-bond acceptors (Lipinski definition) is 5. The van der Waals surface area contributed by atoms with Crippen LogP contribution in [0.15, 0.2) is 41.8 Å². The highest BCUT2D eigenvalue weighted by Gasteiger charge is 2.11. The number of carbonyl (C=O) groups excluding carboxylic acids is 2. The van der Waals surface area contributed by atoms with Gasteiger partial charge in [-0.15, -0.1) is 0 Å². The Balaban J connectivity index is 1.98. The molecule has 0 radical (unpaired) electrons. The van der Waals surface area contributed by atoms with Gasteiger partial charge in [0.05, 0.1) is 17.1 Å². The number of aryl methyl sites for hydroxylation is 1. The molecule has 0 fully saturated rings. The van der Waals surface area contributed by atoms with Gasteiger partial charge in [-0.3, -0.25) is 9.59 Å². The lowest BCUT2D eigenvalue weighted by atomic mass is 10.1. The average molecular weight is 358 g/mol. The van der Waals surface area contributed by atoms with Crippen molar-refractivity contribution in [3.8, 4) is 0 Å². The fourth-order valence-electron chi connectivity index (χ4n) is 2.10. The summed E-state index contributed by atoms with van der Waals surface area (Å²) in [6.07, 6.45) is 5.55. The Kier molecular flexibility index (Phi) is 7.40. The van der Waals surface area contributed by atoms with Crippen LogP contribution < -0.4 is 10.6 Å². The van der Waals surface area contributed by atoms with Crippen LogP contribution >= 0.6 is 11.8 Å². The first-order valence-electron chi connectivity index (χ1n) is 8.18. The van der Waals surface area contributed by atoms with Gasteiger partial charge in [-0.2, -0.15) is 0 Å². The second-order valence-electron chi connectivity index (χ2n) is 5.57. The number of nitrogens with zero attached hydrogens (tertiary/aromatic N) is 2. The molecule has 1 aromatic carbocycles. The summed E-state index contributed by atoms with van der Waals surface area (Å²) in [7, 11) is 0. The Morgan fingerprint density at radius 3 is 2.52 bits per heavy atom. The summed E-state index contributed by atoms with van der Waals surface area (Å²) < 4.78 is 0. The van der Waals surface area contributed by atoms with E-state index in [1.807, 2.05) is 32.0 Å². The van der Waals surface area contributed by atoms with Crippen molar-refractivity contribution in [1.82, 2.24) is 9.97 Å². The standard InChI is InChI=1S/C18H22N4O2S/c1-3-4-6-16(23)21-14-8-7-13(2)11-15(14)22-17(24)12-25-18-19-9-5-10-20-18/h5,7-11H,3-4,6,12H2,1-2H3,(H,21,23)(H,22,24). The highest BCUT2D eigenvalue weighted by molar-refractivity contribution is 7.99. The molecule has 2 rings (SSSR count). The van der Waals surface area contributed by atoms with Crippen molar-refractivity contribution in [3.63, 3.8) is 0 Å². The van der Waals surface area contributed by atoms with E-state index in [2.05, 4.69) is 20.6 Å². The molecule has 7 heteroatoms. The number of unbranched alkanes of at least 4 members (excludes halogenated alkanes) is 1. The fourth-order valence-corrected chi connectivity index (χ4v) is 2.70. The minimum atomic E-state index is -0.174. The smallest absolute Gasteiger partial charge is 0.234 e. The van der Waals surface area contributed by atoms with Gasteiger partial charge in [0.15, 0.2) is 5.16 Å². The Morgan fingerprint density at radius 2 is 1.80 bits per heavy atom. The maximum absolute atomic E-state index is 12.2. The van der Waals surface area contributed by atoms with Gasteiger partial charge in [0.2, 0.25) is 11.8 Å². The third-order valence-corrected chi connectivity index (χ3v) is 4.23. The number of thioether (sulfide) groups is 1. The second-order valence-corrected chi connectivity index (χ2v) is 6.51. The summed E-state index contributed by atoms with van der Waals surface area (Å²) in [6, 6.07) is 7.28. The van der Waals surface area contributed by atoms with Crippen LogP contribution in [0.2, 0.25) is 0 Å². The molecule has 6 nitrogen and oxygen atoms in total. The molecule has 0 saturated heterocycles. The predicted octanol–water partition coefficient (Wildman–Crippen LogP) is 3.64. The Hall–Kier alpha value is -2.41. The van der Waals surface area contributed by atoms with Gasteiger partial charge >= 0.3 is 0 Å². The first-order valence-corrected chi connectivity index (χ1v) is 9.17. The van der Waals surface area contributed by atoms with E-state index < -0.39 is 0 Å². The highest BCUT2D eigenvalue weighted by atomic mass is 32.2. The lowest BCUT2D eigenvalue weighted by Gasteiger charge is -2.13. The van der Waals surface area contributed by atoms with E-state index in [0.29, 0.717) is 23.0 Å². The van der Waals surface area contributed by atoms with Gasteiger partial charge in [0.25, 0.3) is 0 Å². The first kappa shape index (κ1) is 18.9. The Bertz CT molecular complexity index is 722. The molecule has 2 amide bonds. The summed E-state index contributed by atoms with van der Waals surface area (Å²) in [5, 5.41) is 6.27. The number of hydrogen-bond donors (Lipinski definition) is 2. The van der Waals surface area contributed by atoms with Crippen LogP contribution in [0.3, 0.4) is 0 Å². The Labute approximate surface area is 151 Å². The number of amides is 2. The lowest BCUT2D eigenvalue weighted by molar-refractivity contribution is -0.116. The zero-order valence-corrected chi connectivity index (χ0v) is 15.2. The lowest BCUT2D eigenvalue weighted by Crippen LogP contribution is -2.18. The van der Waals surface area contributed by atoms with Crippen molar-refractivity contribution in [2.45, 2.75) is 38.3 Å². The van der Waals surface area contributed by atoms with Gasteiger partial charge in [0.1, 0.15) is 0 Å². The molecular formula is C18H22N4O2S. The van der Waals surface area contributed by atoms with E-state index in [-0.39, 0.29) is 17.6 Å². The number of rotatable bonds is 8. The molecule has 25 heavy (non-hydrogen) atoms. The second kappa shape index (κ2) is 9.78. The molecule has 0 saturated carbocycles. The van der Waals surface area contributed by atoms with Crippen LogP contribution in [0.1, 0.15) is 31.7 Å². The van der Waals surface area contributed by atoms with Crippen molar-refractivity contribution < 1.29 is 9.59 Å². The number of nitrogens with one attached hydrogen (secondary N) is 2. The SMILES string of the molecule is CCCCC(=O)Nc1ccc(C)cc1NC(=O)CSc1ncccn1. The molecule has 0 aliphatic rings. The molecule has 2 aromatic rings. The molecule has 0 bridgehead atoms. The predicted molar refractivity (Wildman–Crippen MR) is 101 cm³/mol. The fraction of sp³-hybridized carbons (Fsp3) is 0.333. The van der Waals surface area contributed by atoms with Gasteiger partial charge < -0.3 is 10.6 Å². The molecule has 1 heterocycles. The summed E-state index contributed by atoms with van der Waals surface area (Å²) in [4.78, 5) is 32.3. The van der Waals surface area contributed by atoms with Crippen LogP contribution in [0, 0.1) is 6.92 Å². The summed E-state index contributed by atoms with van der Waals surface area (Å²) in [5.74, 6) is -0.0263. The quantitative estimate of drug-likeness (QED) is 0.556. The van der Waals surface area contributed by atoms with Crippen molar-refractivity contribution in [2.24, 2.45) is 0 Å². The summed E-state index contributed by atoms with van der Waals surface area (Å²) in [5.41, 5.74) is 2.21. The number of aromatic nitrogens is 2. The molecule has 1 aromatic heterocycles. The van der Waals surface area contributed by atoms with E-state index >= 15 is 0 Å². The molecule has 0 spiro atoms. The zero-order valence-electron chi connectivity index (χ0n) is 14.4. The summed E-state index contributed by atoms with van der Waals surface area (Å²) in [6.45, 7) is 3.98. The minimum absolute atomic E-state index is 0.0479. The van der Waals surface area contributed by atoms with Crippen LogP contribution in [-0.2, 0) is 9.59 Å². The molecule has 0 unspecified atom stereocenters. The van der Waals surface area contributed by atoms with E-state index in [4.69, 9.17) is 0 Å². The van der Waals surface area contributed by atoms with Crippen LogP contribution in [0.5, 0.6) is 0 Å². The molecule has 0 atom stereocenters. The van der Waals surface area contributed by atoms with E-state index in [0.717, 1.165) is 18.4 Å². The van der Waals surface area contributed by atoms with Crippen molar-refractivity contribution in [1.29, 1.82) is 0 Å². The molecule has 0 aliphatic carbocycles.